The maximum absolute atomic E-state index is 2.49. The summed E-state index contributed by atoms with van der Waals surface area (Å²) in [6.07, 6.45) is 8.11. The summed E-state index contributed by atoms with van der Waals surface area (Å²) in [6, 6.07) is 41.9. The molecule has 0 bridgehead atoms. The van der Waals surface area contributed by atoms with Gasteiger partial charge in [-0.3, -0.25) is 0 Å². The van der Waals surface area contributed by atoms with Crippen molar-refractivity contribution in [2.75, 3.05) is 0 Å². The first-order valence-electron chi connectivity index (χ1n) is 13.8. The van der Waals surface area contributed by atoms with Gasteiger partial charge in [-0.25, -0.2) is 0 Å². The number of aromatic nitrogens is 2. The second-order valence-electron chi connectivity index (χ2n) is 10.7. The fourth-order valence-corrected chi connectivity index (χ4v) is 6.39. The van der Waals surface area contributed by atoms with E-state index >= 15 is 0 Å². The summed E-state index contributed by atoms with van der Waals surface area (Å²) in [5.74, 6) is 0.570. The van der Waals surface area contributed by atoms with Gasteiger partial charge in [-0.05, 0) is 59.9 Å². The average molecular weight is 501 g/mol. The Kier molecular flexibility index (Phi) is 4.90. The lowest BCUT2D eigenvalue weighted by Crippen LogP contribution is -2.01. The first-order valence-corrected chi connectivity index (χ1v) is 13.8. The van der Waals surface area contributed by atoms with Crippen molar-refractivity contribution >= 4 is 49.3 Å². The van der Waals surface area contributed by atoms with Crippen LogP contribution in [-0.4, -0.2) is 9.13 Å². The number of hydrogen-bond donors (Lipinski definition) is 0. The lowest BCUT2D eigenvalue weighted by atomic mass is 10.0. The molecule has 7 aromatic rings. The van der Waals surface area contributed by atoms with Crippen LogP contribution < -0.4 is 0 Å². The summed E-state index contributed by atoms with van der Waals surface area (Å²) >= 11 is 0. The smallest absolute Gasteiger partial charge is 0.0641 e. The monoisotopic (exact) mass is 500 g/mol. The number of benzene rings is 5. The molecule has 186 valence electrons. The van der Waals surface area contributed by atoms with Crippen LogP contribution in [0, 0.1) is 5.92 Å². The molecule has 0 amide bonds. The molecule has 0 saturated heterocycles. The highest BCUT2D eigenvalue weighted by molar-refractivity contribution is 6.26. The Hall–Kier alpha value is -4.82. The Labute approximate surface area is 227 Å². The summed E-state index contributed by atoms with van der Waals surface area (Å²) < 4.78 is 4.93. The van der Waals surface area contributed by atoms with E-state index in [-0.39, 0.29) is 0 Å². The third-order valence-electron chi connectivity index (χ3n) is 8.23. The number of rotatable bonds is 3. The molecule has 2 heteroatoms. The van der Waals surface area contributed by atoms with Gasteiger partial charge < -0.3 is 9.13 Å². The van der Waals surface area contributed by atoms with E-state index in [4.69, 9.17) is 0 Å². The highest BCUT2D eigenvalue weighted by Gasteiger charge is 2.21. The van der Waals surface area contributed by atoms with Gasteiger partial charge >= 0.3 is 0 Å². The molecule has 2 heterocycles. The van der Waals surface area contributed by atoms with Crippen LogP contribution in [0.1, 0.15) is 13.3 Å². The highest BCUT2D eigenvalue weighted by Crippen LogP contribution is 2.42. The largest absolute Gasteiger partial charge is 0.309 e. The Morgan fingerprint density at radius 3 is 2.10 bits per heavy atom. The summed E-state index contributed by atoms with van der Waals surface area (Å²) in [4.78, 5) is 0. The second-order valence-corrected chi connectivity index (χ2v) is 10.7. The molecule has 1 atom stereocenters. The van der Waals surface area contributed by atoms with Gasteiger partial charge in [0.05, 0.1) is 22.1 Å². The summed E-state index contributed by atoms with van der Waals surface area (Å²) in [7, 11) is 0. The normalized spacial score (nSPS) is 15.5. The van der Waals surface area contributed by atoms with E-state index < -0.39 is 0 Å². The number of para-hydroxylation sites is 2. The van der Waals surface area contributed by atoms with Gasteiger partial charge in [-0.2, -0.15) is 0 Å². The van der Waals surface area contributed by atoms with Crippen LogP contribution in [0.4, 0.5) is 0 Å². The van der Waals surface area contributed by atoms with Crippen molar-refractivity contribution in [2.45, 2.75) is 13.3 Å². The molecule has 2 aromatic heterocycles. The van der Waals surface area contributed by atoms with Crippen molar-refractivity contribution in [3.05, 3.63) is 133 Å². The van der Waals surface area contributed by atoms with E-state index in [1.165, 1.54) is 66.1 Å². The van der Waals surface area contributed by atoms with E-state index in [0.29, 0.717) is 5.92 Å². The fraction of sp³-hybridized carbons (Fsp3) is 0.0811. The van der Waals surface area contributed by atoms with Crippen molar-refractivity contribution in [2.24, 2.45) is 5.92 Å². The number of fused-ring (bicyclic) bond motifs is 7. The molecule has 1 aliphatic rings. The minimum Gasteiger partial charge on any atom is -0.309 e. The van der Waals surface area contributed by atoms with E-state index in [2.05, 4.69) is 150 Å². The van der Waals surface area contributed by atoms with Crippen molar-refractivity contribution in [1.82, 2.24) is 9.13 Å². The third-order valence-corrected chi connectivity index (χ3v) is 8.23. The van der Waals surface area contributed by atoms with E-state index in [1.54, 1.807) is 0 Å². The molecule has 39 heavy (non-hydrogen) atoms. The van der Waals surface area contributed by atoms with E-state index in [9.17, 15) is 0 Å². The Balaban J connectivity index is 1.50. The molecule has 0 spiro atoms. The molecular formula is C37H28N2. The third kappa shape index (κ3) is 3.35. The quantitative estimate of drug-likeness (QED) is 0.228. The van der Waals surface area contributed by atoms with Crippen LogP contribution in [0.15, 0.2) is 133 Å². The van der Waals surface area contributed by atoms with Gasteiger partial charge in [0.25, 0.3) is 0 Å². The van der Waals surface area contributed by atoms with Gasteiger partial charge in [0.2, 0.25) is 0 Å². The molecule has 8 rings (SSSR count). The Morgan fingerprint density at radius 2 is 1.31 bits per heavy atom. The number of nitrogens with zero attached hydrogens (tertiary/aromatic N) is 2. The zero-order valence-electron chi connectivity index (χ0n) is 21.9. The lowest BCUT2D eigenvalue weighted by molar-refractivity contribution is 0.735. The standard InChI is InChI=1S/C37H28N2/c1-25-18-20-28(21-19-25)39-33-16-7-5-14-30(33)31-22-23-35-36(37(31)39)32-15-6-8-17-34(32)38(35)29-13-9-12-27(24-29)26-10-3-2-4-11-26/h2-18,20-25H,19H2,1H3. The Bertz CT molecular complexity index is 2100. The predicted molar refractivity (Wildman–Crippen MR) is 166 cm³/mol. The number of allylic oxidation sites excluding steroid dienone is 4. The zero-order chi connectivity index (χ0) is 25.9. The molecular weight excluding hydrogens is 472 g/mol. The van der Waals surface area contributed by atoms with Gasteiger partial charge in [0.1, 0.15) is 0 Å². The first-order chi connectivity index (χ1) is 19.3. The minimum absolute atomic E-state index is 0.570. The minimum atomic E-state index is 0.570. The maximum Gasteiger partial charge on any atom is 0.0641 e. The van der Waals surface area contributed by atoms with Gasteiger partial charge in [-0.1, -0.05) is 104 Å². The summed E-state index contributed by atoms with van der Waals surface area (Å²) in [5.41, 5.74) is 9.89. The van der Waals surface area contributed by atoms with E-state index in [1.807, 2.05) is 0 Å². The van der Waals surface area contributed by atoms with E-state index in [0.717, 1.165) is 6.42 Å². The van der Waals surface area contributed by atoms with Crippen LogP contribution in [-0.2, 0) is 0 Å². The fourth-order valence-electron chi connectivity index (χ4n) is 6.39. The van der Waals surface area contributed by atoms with Crippen LogP contribution >= 0.6 is 0 Å². The molecule has 1 unspecified atom stereocenters. The van der Waals surface area contributed by atoms with Crippen LogP contribution in [0.3, 0.4) is 0 Å². The van der Waals surface area contributed by atoms with Gasteiger partial charge in [-0.15, -0.1) is 0 Å². The molecule has 0 aliphatic heterocycles. The van der Waals surface area contributed by atoms with Crippen LogP contribution in [0.5, 0.6) is 0 Å². The molecule has 5 aromatic carbocycles. The molecule has 2 nitrogen and oxygen atoms in total. The Morgan fingerprint density at radius 1 is 0.590 bits per heavy atom. The van der Waals surface area contributed by atoms with Crippen molar-refractivity contribution < 1.29 is 0 Å². The van der Waals surface area contributed by atoms with Crippen LogP contribution in [0.25, 0.3) is 66.1 Å². The average Bonchev–Trinajstić information content (AvgIpc) is 3.51. The van der Waals surface area contributed by atoms with Gasteiger partial charge in [0.15, 0.2) is 0 Å². The van der Waals surface area contributed by atoms with Crippen molar-refractivity contribution in [3.8, 4) is 16.8 Å². The SMILES string of the molecule is CC1C=CC(n2c3ccccc3c3ccc4c(c5ccccc5n4-c4cccc(-c5ccccc5)c4)c32)=CC1. The number of hydrogen-bond acceptors (Lipinski definition) is 0. The molecule has 0 radical (unpaired) electrons. The predicted octanol–water partition coefficient (Wildman–Crippen LogP) is 10.00. The van der Waals surface area contributed by atoms with Gasteiger partial charge in [0, 0.05) is 32.9 Å². The summed E-state index contributed by atoms with van der Waals surface area (Å²) in [6.45, 7) is 2.28. The lowest BCUT2D eigenvalue weighted by Gasteiger charge is -2.16. The van der Waals surface area contributed by atoms with Crippen molar-refractivity contribution in [3.63, 3.8) is 0 Å². The summed E-state index contributed by atoms with van der Waals surface area (Å²) in [5, 5.41) is 5.18. The molecule has 1 aliphatic carbocycles. The molecule has 0 saturated carbocycles. The molecule has 0 fully saturated rings. The van der Waals surface area contributed by atoms with Crippen molar-refractivity contribution in [1.29, 1.82) is 0 Å². The first kappa shape index (κ1) is 22.2. The maximum atomic E-state index is 2.49. The molecule has 0 N–H and O–H groups in total. The topological polar surface area (TPSA) is 9.86 Å². The van der Waals surface area contributed by atoms with Crippen LogP contribution in [0.2, 0.25) is 0 Å². The zero-order valence-corrected chi connectivity index (χ0v) is 21.9. The second kappa shape index (κ2) is 8.61. The highest BCUT2D eigenvalue weighted by atomic mass is 15.0.